The maximum absolute atomic E-state index is 6.06. The minimum absolute atomic E-state index is 0.320. The van der Waals surface area contributed by atoms with Gasteiger partial charge in [-0.25, -0.2) is 0 Å². The summed E-state index contributed by atoms with van der Waals surface area (Å²) in [5, 5.41) is 2.86. The first kappa shape index (κ1) is 13.4. The van der Waals surface area contributed by atoms with Crippen LogP contribution in [0.4, 0.5) is 0 Å². The zero-order valence-corrected chi connectivity index (χ0v) is 12.9. The Morgan fingerprint density at radius 3 is 2.71 bits per heavy atom. The smallest absolute Gasteiger partial charge is 0.0408 e. The number of thiophene rings is 1. The summed E-state index contributed by atoms with van der Waals surface area (Å²) in [5.74, 6) is 0.927. The van der Waals surface area contributed by atoms with Crippen LogP contribution in [0, 0.1) is 0 Å². The van der Waals surface area contributed by atoms with E-state index in [0.29, 0.717) is 11.8 Å². The molecule has 2 aromatic rings. The van der Waals surface area contributed by atoms with Gasteiger partial charge in [-0.15, -0.1) is 22.9 Å². The molecule has 0 fully saturated rings. The van der Waals surface area contributed by atoms with Crippen molar-refractivity contribution >= 4 is 50.5 Å². The zero-order valence-electron chi connectivity index (χ0n) is 9.00. The summed E-state index contributed by atoms with van der Waals surface area (Å²) < 4.78 is 1.14. The predicted molar refractivity (Wildman–Crippen MR) is 80.6 cm³/mol. The van der Waals surface area contributed by atoms with Gasteiger partial charge in [0.2, 0.25) is 0 Å². The van der Waals surface area contributed by atoms with E-state index in [1.807, 2.05) is 18.2 Å². The maximum atomic E-state index is 6.06. The van der Waals surface area contributed by atoms with E-state index in [-0.39, 0.29) is 0 Å². The van der Waals surface area contributed by atoms with Crippen molar-refractivity contribution in [2.75, 3.05) is 5.88 Å². The van der Waals surface area contributed by atoms with E-state index >= 15 is 0 Å². The molecule has 0 saturated heterocycles. The molecule has 0 amide bonds. The second-order valence-corrected chi connectivity index (χ2v) is 6.50. The predicted octanol–water partition coefficient (Wildman–Crippen LogP) is 5.73. The number of halogens is 3. The summed E-state index contributed by atoms with van der Waals surface area (Å²) >= 11 is 17.3. The number of benzene rings is 1. The minimum atomic E-state index is 0.320. The summed E-state index contributed by atoms with van der Waals surface area (Å²) in [6.07, 6.45) is 0.958. The van der Waals surface area contributed by atoms with Crippen molar-refractivity contribution in [2.45, 2.75) is 12.3 Å². The number of hydrogen-bond donors (Lipinski definition) is 0. The molecule has 2 rings (SSSR count). The normalized spacial score (nSPS) is 12.6. The molecule has 0 nitrogen and oxygen atoms in total. The molecular weight excluding hydrogens is 339 g/mol. The molecular formula is C13H11BrCl2S. The molecule has 0 bridgehead atoms. The van der Waals surface area contributed by atoms with Crippen LogP contribution < -0.4 is 0 Å². The molecule has 4 heteroatoms. The molecule has 0 saturated carbocycles. The summed E-state index contributed by atoms with van der Waals surface area (Å²) in [5.41, 5.74) is 1.21. The molecule has 1 unspecified atom stereocenters. The largest absolute Gasteiger partial charge is 0.148 e. The Hall–Kier alpha value is -0.0200. The fourth-order valence-electron chi connectivity index (χ4n) is 1.73. The van der Waals surface area contributed by atoms with Crippen molar-refractivity contribution in [3.05, 3.63) is 55.6 Å². The Balaban J connectivity index is 2.16. The van der Waals surface area contributed by atoms with Gasteiger partial charge in [-0.3, -0.25) is 0 Å². The van der Waals surface area contributed by atoms with Gasteiger partial charge in [-0.1, -0.05) is 23.7 Å². The van der Waals surface area contributed by atoms with Crippen molar-refractivity contribution in [1.29, 1.82) is 0 Å². The highest BCUT2D eigenvalue weighted by Gasteiger charge is 2.12. The van der Waals surface area contributed by atoms with E-state index in [0.717, 1.165) is 15.9 Å². The molecule has 90 valence electrons. The first-order valence-electron chi connectivity index (χ1n) is 5.23. The Kier molecular flexibility index (Phi) is 4.92. The van der Waals surface area contributed by atoms with E-state index in [1.165, 1.54) is 10.4 Å². The van der Waals surface area contributed by atoms with E-state index in [4.69, 9.17) is 23.2 Å². The molecule has 0 aliphatic rings. The second kappa shape index (κ2) is 6.24. The van der Waals surface area contributed by atoms with Crippen molar-refractivity contribution in [1.82, 2.24) is 0 Å². The lowest BCUT2D eigenvalue weighted by Gasteiger charge is -2.13. The van der Waals surface area contributed by atoms with Crippen molar-refractivity contribution < 1.29 is 0 Å². The molecule has 17 heavy (non-hydrogen) atoms. The highest BCUT2D eigenvalue weighted by Crippen LogP contribution is 2.28. The first-order valence-corrected chi connectivity index (χ1v) is 7.82. The van der Waals surface area contributed by atoms with Crippen LogP contribution in [0.15, 0.2) is 40.2 Å². The van der Waals surface area contributed by atoms with E-state index < -0.39 is 0 Å². The lowest BCUT2D eigenvalue weighted by molar-refractivity contribution is 0.776. The first-order chi connectivity index (χ1) is 8.19. The molecule has 1 atom stereocenters. The lowest BCUT2D eigenvalue weighted by atomic mass is 9.97. The van der Waals surface area contributed by atoms with Crippen molar-refractivity contribution in [3.8, 4) is 0 Å². The molecule has 0 aliphatic heterocycles. The molecule has 1 heterocycles. The van der Waals surface area contributed by atoms with Crippen LogP contribution in [-0.2, 0) is 6.42 Å². The van der Waals surface area contributed by atoms with Gasteiger partial charge in [0.25, 0.3) is 0 Å². The highest BCUT2D eigenvalue weighted by molar-refractivity contribution is 9.10. The summed E-state index contributed by atoms with van der Waals surface area (Å²) in [6, 6.07) is 10.1. The fourth-order valence-corrected chi connectivity index (χ4v) is 3.74. The SMILES string of the molecule is ClCC(Cc1cc(Br)cs1)c1cccc(Cl)c1. The van der Waals surface area contributed by atoms with Gasteiger partial charge in [0, 0.05) is 31.6 Å². The minimum Gasteiger partial charge on any atom is -0.148 e. The van der Waals surface area contributed by atoms with Crippen LogP contribution in [0.1, 0.15) is 16.4 Å². The molecule has 1 aromatic carbocycles. The highest BCUT2D eigenvalue weighted by atomic mass is 79.9. The van der Waals surface area contributed by atoms with E-state index in [1.54, 1.807) is 11.3 Å². The maximum Gasteiger partial charge on any atom is 0.0408 e. The number of rotatable bonds is 4. The molecule has 0 aliphatic carbocycles. The van der Waals surface area contributed by atoms with Crippen molar-refractivity contribution in [2.24, 2.45) is 0 Å². The van der Waals surface area contributed by atoms with Crippen LogP contribution in [-0.4, -0.2) is 5.88 Å². The van der Waals surface area contributed by atoms with E-state index in [2.05, 4.69) is 33.4 Å². The molecule has 0 radical (unpaired) electrons. The van der Waals surface area contributed by atoms with Crippen LogP contribution >= 0.6 is 50.5 Å². The fraction of sp³-hybridized carbons (Fsp3) is 0.231. The third-order valence-corrected chi connectivity index (χ3v) is 4.90. The number of alkyl halides is 1. The Labute approximate surface area is 124 Å². The summed E-state index contributed by atoms with van der Waals surface area (Å²) in [6.45, 7) is 0. The number of hydrogen-bond acceptors (Lipinski definition) is 1. The standard InChI is InChI=1S/C13H11BrCl2S/c14-11-6-13(17-8-11)5-10(7-15)9-2-1-3-12(16)4-9/h1-4,6,8,10H,5,7H2. The van der Waals surface area contributed by atoms with Crippen LogP contribution in [0.25, 0.3) is 0 Å². The zero-order chi connectivity index (χ0) is 12.3. The Morgan fingerprint density at radius 2 is 2.12 bits per heavy atom. The topological polar surface area (TPSA) is 0 Å². The Morgan fingerprint density at radius 1 is 1.29 bits per heavy atom. The summed E-state index contributed by atoms with van der Waals surface area (Å²) in [7, 11) is 0. The lowest BCUT2D eigenvalue weighted by Crippen LogP contribution is -2.03. The summed E-state index contributed by atoms with van der Waals surface area (Å²) in [4.78, 5) is 1.34. The van der Waals surface area contributed by atoms with Gasteiger partial charge in [0.05, 0.1) is 0 Å². The van der Waals surface area contributed by atoms with Gasteiger partial charge in [0.15, 0.2) is 0 Å². The van der Waals surface area contributed by atoms with Crippen LogP contribution in [0.3, 0.4) is 0 Å². The van der Waals surface area contributed by atoms with Gasteiger partial charge in [-0.2, -0.15) is 0 Å². The van der Waals surface area contributed by atoms with Gasteiger partial charge in [-0.05, 0) is 46.1 Å². The quantitative estimate of drug-likeness (QED) is 0.618. The van der Waals surface area contributed by atoms with E-state index in [9.17, 15) is 0 Å². The third-order valence-electron chi connectivity index (χ3n) is 2.58. The van der Waals surface area contributed by atoms with Gasteiger partial charge < -0.3 is 0 Å². The van der Waals surface area contributed by atoms with Gasteiger partial charge >= 0.3 is 0 Å². The average molecular weight is 350 g/mol. The van der Waals surface area contributed by atoms with Crippen molar-refractivity contribution in [3.63, 3.8) is 0 Å². The molecule has 0 spiro atoms. The molecule has 0 N–H and O–H groups in total. The van der Waals surface area contributed by atoms with Crippen LogP contribution in [0.2, 0.25) is 5.02 Å². The molecule has 1 aromatic heterocycles. The van der Waals surface area contributed by atoms with Gasteiger partial charge in [0.1, 0.15) is 0 Å². The van der Waals surface area contributed by atoms with Crippen LogP contribution in [0.5, 0.6) is 0 Å². The Bertz CT molecular complexity index is 496. The monoisotopic (exact) mass is 348 g/mol. The average Bonchev–Trinajstić information content (AvgIpc) is 2.72. The second-order valence-electron chi connectivity index (χ2n) is 3.84. The third kappa shape index (κ3) is 3.72.